The second-order valence-electron chi connectivity index (χ2n) is 4.21. The average Bonchev–Trinajstić information content (AvgIpc) is 2.37. The van der Waals surface area contributed by atoms with Gasteiger partial charge in [-0.2, -0.15) is 0 Å². The molecule has 1 atom stereocenters. The SMILES string of the molecule is CCC(N)CC(=O)N1CCN(C(=O)OC)CC1. The predicted molar refractivity (Wildman–Crippen MR) is 63.4 cm³/mol. The van der Waals surface area contributed by atoms with Gasteiger partial charge in [0.25, 0.3) is 0 Å². The minimum absolute atomic E-state index is 0.0684. The summed E-state index contributed by atoms with van der Waals surface area (Å²) in [6.45, 7) is 4.14. The van der Waals surface area contributed by atoms with Crippen LogP contribution in [-0.2, 0) is 9.53 Å². The second kappa shape index (κ2) is 6.44. The molecule has 1 rings (SSSR count). The molecule has 1 aliphatic heterocycles. The topological polar surface area (TPSA) is 75.9 Å². The molecule has 6 heteroatoms. The fourth-order valence-corrected chi connectivity index (χ4v) is 1.77. The molecular weight excluding hydrogens is 222 g/mol. The lowest BCUT2D eigenvalue weighted by Gasteiger charge is -2.34. The molecule has 1 saturated heterocycles. The number of methoxy groups -OCH3 is 1. The van der Waals surface area contributed by atoms with E-state index in [-0.39, 0.29) is 18.0 Å². The summed E-state index contributed by atoms with van der Waals surface area (Å²) in [4.78, 5) is 26.4. The highest BCUT2D eigenvalue weighted by molar-refractivity contribution is 5.77. The second-order valence-corrected chi connectivity index (χ2v) is 4.21. The van der Waals surface area contributed by atoms with E-state index in [1.54, 1.807) is 9.80 Å². The standard InChI is InChI=1S/C11H21N3O3/c1-3-9(12)8-10(15)13-4-6-14(7-5-13)11(16)17-2/h9H,3-8,12H2,1-2H3. The number of piperazine rings is 1. The summed E-state index contributed by atoms with van der Waals surface area (Å²) >= 11 is 0. The molecule has 0 aliphatic carbocycles. The van der Waals surface area contributed by atoms with E-state index in [2.05, 4.69) is 4.74 Å². The van der Waals surface area contributed by atoms with Gasteiger partial charge in [-0.25, -0.2) is 4.79 Å². The first-order valence-corrected chi connectivity index (χ1v) is 5.94. The van der Waals surface area contributed by atoms with Crippen molar-refractivity contribution < 1.29 is 14.3 Å². The van der Waals surface area contributed by atoms with Crippen LogP contribution < -0.4 is 5.73 Å². The van der Waals surface area contributed by atoms with Crippen LogP contribution in [0.1, 0.15) is 19.8 Å². The molecule has 1 fully saturated rings. The Labute approximate surface area is 102 Å². The Balaban J connectivity index is 2.36. The van der Waals surface area contributed by atoms with Crippen LogP contribution in [0.3, 0.4) is 0 Å². The van der Waals surface area contributed by atoms with Crippen LogP contribution in [0.5, 0.6) is 0 Å². The number of rotatable bonds is 3. The van der Waals surface area contributed by atoms with Crippen molar-refractivity contribution in [1.29, 1.82) is 0 Å². The molecule has 0 saturated carbocycles. The minimum Gasteiger partial charge on any atom is -0.453 e. The molecule has 6 nitrogen and oxygen atoms in total. The highest BCUT2D eigenvalue weighted by atomic mass is 16.5. The third-order valence-corrected chi connectivity index (χ3v) is 3.03. The number of ether oxygens (including phenoxy) is 1. The van der Waals surface area contributed by atoms with E-state index in [0.717, 1.165) is 6.42 Å². The van der Waals surface area contributed by atoms with Crippen LogP contribution in [0, 0.1) is 0 Å². The first-order valence-electron chi connectivity index (χ1n) is 5.94. The average molecular weight is 243 g/mol. The van der Waals surface area contributed by atoms with Gasteiger partial charge in [0.1, 0.15) is 0 Å². The Bertz CT molecular complexity index is 275. The summed E-state index contributed by atoms with van der Waals surface area (Å²) in [5.74, 6) is 0.0730. The quantitative estimate of drug-likeness (QED) is 0.758. The van der Waals surface area contributed by atoms with Gasteiger partial charge in [0.2, 0.25) is 5.91 Å². The molecule has 2 amide bonds. The maximum Gasteiger partial charge on any atom is 0.409 e. The molecule has 1 unspecified atom stereocenters. The highest BCUT2D eigenvalue weighted by Crippen LogP contribution is 2.06. The van der Waals surface area contributed by atoms with Gasteiger partial charge in [-0.05, 0) is 6.42 Å². The van der Waals surface area contributed by atoms with E-state index in [1.165, 1.54) is 7.11 Å². The van der Waals surface area contributed by atoms with Gasteiger partial charge < -0.3 is 20.3 Å². The number of amides is 2. The molecule has 0 spiro atoms. The molecule has 17 heavy (non-hydrogen) atoms. The zero-order chi connectivity index (χ0) is 12.8. The molecular formula is C11H21N3O3. The summed E-state index contributed by atoms with van der Waals surface area (Å²) in [6, 6.07) is -0.0684. The summed E-state index contributed by atoms with van der Waals surface area (Å²) in [5, 5.41) is 0. The largest absolute Gasteiger partial charge is 0.453 e. The van der Waals surface area contributed by atoms with Crippen molar-refractivity contribution in [2.45, 2.75) is 25.8 Å². The Morgan fingerprint density at radius 2 is 1.76 bits per heavy atom. The Kier molecular flexibility index (Phi) is 5.21. The van der Waals surface area contributed by atoms with Crippen molar-refractivity contribution in [3.8, 4) is 0 Å². The third-order valence-electron chi connectivity index (χ3n) is 3.03. The predicted octanol–water partition coefficient (Wildman–Crippen LogP) is 0.0244. The van der Waals surface area contributed by atoms with Crippen LogP contribution in [0.4, 0.5) is 4.79 Å². The van der Waals surface area contributed by atoms with Crippen molar-refractivity contribution in [2.24, 2.45) is 5.73 Å². The lowest BCUT2D eigenvalue weighted by Crippen LogP contribution is -2.51. The summed E-state index contributed by atoms with van der Waals surface area (Å²) in [7, 11) is 1.36. The van der Waals surface area contributed by atoms with Crippen LogP contribution in [0.2, 0.25) is 0 Å². The van der Waals surface area contributed by atoms with Crippen molar-refractivity contribution in [3.63, 3.8) is 0 Å². The van der Waals surface area contributed by atoms with Crippen LogP contribution in [0.25, 0.3) is 0 Å². The maximum atomic E-state index is 11.8. The first-order chi connectivity index (χ1) is 8.08. The van der Waals surface area contributed by atoms with Gasteiger partial charge in [0, 0.05) is 38.6 Å². The number of hydrogen-bond acceptors (Lipinski definition) is 4. The van der Waals surface area contributed by atoms with Gasteiger partial charge in [0.05, 0.1) is 7.11 Å². The Morgan fingerprint density at radius 3 is 2.24 bits per heavy atom. The van der Waals surface area contributed by atoms with Gasteiger partial charge >= 0.3 is 6.09 Å². The molecule has 0 aromatic rings. The summed E-state index contributed by atoms with van der Waals surface area (Å²) in [5.41, 5.74) is 5.75. The zero-order valence-corrected chi connectivity index (χ0v) is 10.5. The number of carbonyl (C=O) groups excluding carboxylic acids is 2. The molecule has 98 valence electrons. The molecule has 0 aromatic heterocycles. The van der Waals surface area contributed by atoms with Crippen LogP contribution >= 0.6 is 0 Å². The van der Waals surface area contributed by atoms with E-state index in [1.807, 2.05) is 6.92 Å². The first kappa shape index (κ1) is 13.8. The third kappa shape index (κ3) is 3.89. The lowest BCUT2D eigenvalue weighted by molar-refractivity contribution is -0.133. The van der Waals surface area contributed by atoms with E-state index < -0.39 is 0 Å². The smallest absolute Gasteiger partial charge is 0.409 e. The summed E-state index contributed by atoms with van der Waals surface area (Å²) < 4.78 is 4.63. The van der Waals surface area contributed by atoms with Crippen molar-refractivity contribution >= 4 is 12.0 Å². The monoisotopic (exact) mass is 243 g/mol. The van der Waals surface area contributed by atoms with Crippen LogP contribution in [0.15, 0.2) is 0 Å². The molecule has 0 radical (unpaired) electrons. The summed E-state index contributed by atoms with van der Waals surface area (Å²) in [6.07, 6.45) is 0.852. The number of nitrogens with zero attached hydrogens (tertiary/aromatic N) is 2. The van der Waals surface area contributed by atoms with Gasteiger partial charge in [-0.3, -0.25) is 4.79 Å². The van der Waals surface area contributed by atoms with Gasteiger partial charge in [-0.1, -0.05) is 6.92 Å². The minimum atomic E-state index is -0.331. The van der Waals surface area contributed by atoms with Crippen molar-refractivity contribution in [2.75, 3.05) is 33.3 Å². The molecule has 0 bridgehead atoms. The molecule has 1 heterocycles. The zero-order valence-electron chi connectivity index (χ0n) is 10.5. The molecule has 1 aliphatic rings. The Morgan fingerprint density at radius 1 is 1.24 bits per heavy atom. The van der Waals surface area contributed by atoms with E-state index >= 15 is 0 Å². The normalized spacial score (nSPS) is 17.8. The fourth-order valence-electron chi connectivity index (χ4n) is 1.77. The number of nitrogens with two attached hydrogens (primary N) is 1. The van der Waals surface area contributed by atoms with Crippen LogP contribution in [-0.4, -0.2) is 61.1 Å². The highest BCUT2D eigenvalue weighted by Gasteiger charge is 2.24. The lowest BCUT2D eigenvalue weighted by atomic mass is 10.1. The molecule has 2 N–H and O–H groups in total. The van der Waals surface area contributed by atoms with Gasteiger partial charge in [0.15, 0.2) is 0 Å². The maximum absolute atomic E-state index is 11.8. The number of carbonyl (C=O) groups is 2. The molecule has 0 aromatic carbocycles. The van der Waals surface area contributed by atoms with Crippen molar-refractivity contribution in [1.82, 2.24) is 9.80 Å². The van der Waals surface area contributed by atoms with E-state index in [9.17, 15) is 9.59 Å². The van der Waals surface area contributed by atoms with Gasteiger partial charge in [-0.15, -0.1) is 0 Å². The van der Waals surface area contributed by atoms with E-state index in [4.69, 9.17) is 5.73 Å². The Hall–Kier alpha value is -1.30. The van der Waals surface area contributed by atoms with E-state index in [0.29, 0.717) is 32.6 Å². The fraction of sp³-hybridized carbons (Fsp3) is 0.818. The number of hydrogen-bond donors (Lipinski definition) is 1. The van der Waals surface area contributed by atoms with Crippen molar-refractivity contribution in [3.05, 3.63) is 0 Å².